The number of ether oxygens (including phenoxy) is 1. The quantitative estimate of drug-likeness (QED) is 0.496. The van der Waals surface area contributed by atoms with Gasteiger partial charge in [-0.2, -0.15) is 13.2 Å². The number of alkyl halides is 4. The van der Waals surface area contributed by atoms with E-state index in [2.05, 4.69) is 15.3 Å². The number of nitrogen functional groups attached to an aromatic ring is 1. The summed E-state index contributed by atoms with van der Waals surface area (Å²) < 4.78 is 79.0. The monoisotopic (exact) mass is 518 g/mol. The summed E-state index contributed by atoms with van der Waals surface area (Å²) in [6, 6.07) is 0.970. The molecule has 4 bridgehead atoms. The van der Waals surface area contributed by atoms with Crippen molar-refractivity contribution >= 4 is 22.4 Å². The molecule has 37 heavy (non-hydrogen) atoms. The lowest BCUT2D eigenvalue weighted by atomic mass is 9.86. The van der Waals surface area contributed by atoms with Crippen molar-refractivity contribution in [3.8, 4) is 17.1 Å². The number of aryl methyl sites for hydroxylation is 3. The fourth-order valence-corrected chi connectivity index (χ4v) is 6.93. The van der Waals surface area contributed by atoms with Gasteiger partial charge in [-0.15, -0.1) is 0 Å². The fraction of sp³-hybridized carbons (Fsp3) is 0.480. The lowest BCUT2D eigenvalue weighted by molar-refractivity contribution is -0.137. The van der Waals surface area contributed by atoms with E-state index in [0.29, 0.717) is 30.0 Å². The van der Waals surface area contributed by atoms with Gasteiger partial charge >= 0.3 is 6.18 Å². The molecule has 1 unspecified atom stereocenters. The number of hydrogen-bond acceptors (Lipinski definition) is 7. The van der Waals surface area contributed by atoms with E-state index in [-0.39, 0.29) is 46.7 Å². The maximum absolute atomic E-state index is 16.4. The molecule has 3 aromatic heterocycles. The Hall–Kier alpha value is -3.28. The molecule has 8 rings (SSSR count). The Bertz CT molecular complexity index is 1530. The molecule has 4 atom stereocenters. The Morgan fingerprint density at radius 1 is 1.16 bits per heavy atom. The van der Waals surface area contributed by atoms with E-state index in [9.17, 15) is 17.6 Å². The van der Waals surface area contributed by atoms with Gasteiger partial charge in [0.05, 0.1) is 27.7 Å². The number of nitrogens with one attached hydrogen (secondary N) is 1. The summed E-state index contributed by atoms with van der Waals surface area (Å²) in [5.41, 5.74) is 3.05. The Labute approximate surface area is 208 Å². The molecule has 4 fully saturated rings. The molecule has 1 aliphatic carbocycles. The second kappa shape index (κ2) is 6.77. The van der Waals surface area contributed by atoms with Crippen LogP contribution < -0.4 is 20.7 Å². The second-order valence-electron chi connectivity index (χ2n) is 10.7. The maximum Gasteiger partial charge on any atom is 0.418 e. The van der Waals surface area contributed by atoms with E-state index in [4.69, 9.17) is 15.5 Å². The molecule has 0 radical (unpaired) electrons. The minimum Gasteiger partial charge on any atom is -0.475 e. The number of nitrogens with zero attached hydrogens (tertiary/aromatic N) is 4. The third-order valence-electron chi connectivity index (χ3n) is 8.74. The lowest BCUT2D eigenvalue weighted by Gasteiger charge is -2.48. The molecule has 7 heterocycles. The number of piperidine rings is 2. The summed E-state index contributed by atoms with van der Waals surface area (Å²) in [5, 5.41) is 3.78. The highest BCUT2D eigenvalue weighted by Crippen LogP contribution is 2.64. The van der Waals surface area contributed by atoms with Crippen LogP contribution in [0.25, 0.3) is 22.0 Å². The average Bonchev–Trinajstić information content (AvgIpc) is 3.33. The zero-order valence-electron chi connectivity index (χ0n) is 20.2. The van der Waals surface area contributed by atoms with Gasteiger partial charge in [0.15, 0.2) is 5.82 Å². The van der Waals surface area contributed by atoms with Gasteiger partial charge in [0.2, 0.25) is 5.88 Å². The summed E-state index contributed by atoms with van der Waals surface area (Å²) in [6.07, 6.45) is -4.17. The number of rotatable bonds is 2. The first-order valence-corrected chi connectivity index (χ1v) is 12.0. The van der Waals surface area contributed by atoms with Gasteiger partial charge in [-0.25, -0.2) is 23.7 Å². The van der Waals surface area contributed by atoms with E-state index >= 15 is 4.39 Å². The van der Waals surface area contributed by atoms with Crippen LogP contribution in [0, 0.1) is 32.5 Å². The topological polar surface area (TPSA) is 89.2 Å². The standard InChI is InChI=1S/C25H23F5N6O/c1-9-10(2)33-21-16-15(9)18(27)19(12-4-14(31)32-11(3)17(12)25(28,29)30)34-22(16)37-8-24-13-5-23(6-26,7-36(21)24)35-20(13)24/h4,13,20,35H,5-8H2,1-3H3,(H2,31,32)/t13?,20-,23-,24+/m0/s1. The maximum atomic E-state index is 16.4. The molecular weight excluding hydrogens is 495 g/mol. The Balaban J connectivity index is 1.53. The van der Waals surface area contributed by atoms with Crippen molar-refractivity contribution in [2.24, 2.45) is 5.92 Å². The summed E-state index contributed by atoms with van der Waals surface area (Å²) >= 11 is 0. The van der Waals surface area contributed by atoms with Crippen LogP contribution in [-0.4, -0.2) is 51.9 Å². The number of anilines is 2. The van der Waals surface area contributed by atoms with Crippen LogP contribution in [0.3, 0.4) is 0 Å². The van der Waals surface area contributed by atoms with Crippen molar-refractivity contribution in [1.82, 2.24) is 20.3 Å². The van der Waals surface area contributed by atoms with Crippen LogP contribution in [0.4, 0.5) is 33.6 Å². The van der Waals surface area contributed by atoms with E-state index in [1.54, 1.807) is 13.8 Å². The van der Waals surface area contributed by atoms with Crippen LogP contribution in [0.5, 0.6) is 5.88 Å². The molecule has 7 nitrogen and oxygen atoms in total. The van der Waals surface area contributed by atoms with Gasteiger partial charge in [-0.05, 0) is 38.8 Å². The SMILES string of the molecule is Cc1nc(N)cc(-c2nc3c4c(nc(C)c(C)c4c2F)N2C[C@@]4(CF)CC5[C@H](N4)[C@@]52CO3)c1C(F)(F)F. The van der Waals surface area contributed by atoms with Crippen molar-refractivity contribution < 1.29 is 26.7 Å². The molecule has 0 amide bonds. The average molecular weight is 518 g/mol. The molecule has 3 aromatic rings. The molecule has 12 heteroatoms. The molecule has 3 saturated heterocycles. The first-order valence-electron chi connectivity index (χ1n) is 12.0. The second-order valence-corrected chi connectivity index (χ2v) is 10.7. The predicted molar refractivity (Wildman–Crippen MR) is 126 cm³/mol. The van der Waals surface area contributed by atoms with Gasteiger partial charge in [-0.1, -0.05) is 0 Å². The largest absolute Gasteiger partial charge is 0.475 e. The summed E-state index contributed by atoms with van der Waals surface area (Å²) in [7, 11) is 0. The molecule has 194 valence electrons. The van der Waals surface area contributed by atoms with Crippen molar-refractivity contribution in [3.63, 3.8) is 0 Å². The summed E-state index contributed by atoms with van der Waals surface area (Å²) in [4.78, 5) is 14.9. The minimum absolute atomic E-state index is 0.000848. The van der Waals surface area contributed by atoms with Gasteiger partial charge in [0.25, 0.3) is 0 Å². The molecule has 3 N–H and O–H groups in total. The predicted octanol–water partition coefficient (Wildman–Crippen LogP) is 4.01. The number of piperazine rings is 1. The van der Waals surface area contributed by atoms with Crippen molar-refractivity contribution in [2.75, 3.05) is 30.5 Å². The lowest BCUT2D eigenvalue weighted by Crippen LogP contribution is -2.68. The van der Waals surface area contributed by atoms with Crippen molar-refractivity contribution in [1.29, 1.82) is 0 Å². The molecule has 4 aliphatic heterocycles. The zero-order valence-corrected chi connectivity index (χ0v) is 20.2. The van der Waals surface area contributed by atoms with Gasteiger partial charge in [0, 0.05) is 35.1 Å². The Morgan fingerprint density at radius 3 is 2.57 bits per heavy atom. The number of halogens is 5. The highest BCUT2D eigenvalue weighted by molar-refractivity contribution is 6.02. The summed E-state index contributed by atoms with van der Waals surface area (Å²) in [6.45, 7) is 4.50. The minimum atomic E-state index is -4.82. The Morgan fingerprint density at radius 2 is 1.92 bits per heavy atom. The molecule has 0 aromatic carbocycles. The third kappa shape index (κ3) is 2.71. The highest BCUT2D eigenvalue weighted by Gasteiger charge is 2.79. The first kappa shape index (κ1) is 22.9. The van der Waals surface area contributed by atoms with Gasteiger partial charge in [-0.3, -0.25) is 0 Å². The highest BCUT2D eigenvalue weighted by atomic mass is 19.4. The van der Waals surface area contributed by atoms with Gasteiger partial charge in [0.1, 0.15) is 30.6 Å². The van der Waals surface area contributed by atoms with E-state index < -0.39 is 46.6 Å². The molecule has 1 spiro atoms. The number of nitrogens with two attached hydrogens (primary N) is 1. The third-order valence-corrected chi connectivity index (χ3v) is 8.74. The van der Waals surface area contributed by atoms with Crippen LogP contribution in [0.2, 0.25) is 0 Å². The van der Waals surface area contributed by atoms with Crippen LogP contribution in [0.15, 0.2) is 6.07 Å². The molecular formula is C25H23F5N6O. The number of hydrogen-bond donors (Lipinski definition) is 2. The number of aromatic nitrogens is 3. The van der Waals surface area contributed by atoms with Crippen molar-refractivity contribution in [3.05, 3.63) is 34.4 Å². The number of pyridine rings is 3. The first-order chi connectivity index (χ1) is 17.4. The van der Waals surface area contributed by atoms with Crippen LogP contribution in [-0.2, 0) is 6.18 Å². The summed E-state index contributed by atoms with van der Waals surface area (Å²) in [5.74, 6) is -0.564. The normalized spacial score (nSPS) is 29.2. The molecule has 5 aliphatic rings. The van der Waals surface area contributed by atoms with Crippen LogP contribution >= 0.6 is 0 Å². The zero-order chi connectivity index (χ0) is 26.2. The molecule has 1 saturated carbocycles. The van der Waals surface area contributed by atoms with E-state index in [1.807, 2.05) is 4.90 Å². The van der Waals surface area contributed by atoms with Gasteiger partial charge < -0.3 is 20.7 Å². The van der Waals surface area contributed by atoms with Crippen molar-refractivity contribution in [2.45, 2.75) is 50.5 Å². The van der Waals surface area contributed by atoms with Crippen LogP contribution in [0.1, 0.15) is 28.9 Å². The fourth-order valence-electron chi connectivity index (χ4n) is 6.93. The van der Waals surface area contributed by atoms with E-state index in [0.717, 1.165) is 6.07 Å². The van der Waals surface area contributed by atoms with E-state index in [1.165, 1.54) is 6.92 Å². The smallest absolute Gasteiger partial charge is 0.418 e. The Kier molecular flexibility index (Phi) is 4.19.